The van der Waals surface area contributed by atoms with E-state index in [0.717, 1.165) is 12.8 Å². The number of carbonyl (C=O) groups is 1. The third-order valence-electron chi connectivity index (χ3n) is 3.29. The van der Waals surface area contributed by atoms with E-state index in [4.69, 9.17) is 4.74 Å². The number of hydrogen-bond donors (Lipinski definition) is 2. The van der Waals surface area contributed by atoms with Gasteiger partial charge >= 0.3 is 6.09 Å². The lowest BCUT2D eigenvalue weighted by Gasteiger charge is -2.31. The summed E-state index contributed by atoms with van der Waals surface area (Å²) in [4.78, 5) is 11.6. The van der Waals surface area contributed by atoms with Crippen LogP contribution in [0.3, 0.4) is 0 Å². The Bertz CT molecular complexity index is 273. The summed E-state index contributed by atoms with van der Waals surface area (Å²) in [5, 5.41) is 6.52. The van der Waals surface area contributed by atoms with Crippen molar-refractivity contribution in [3.8, 4) is 0 Å². The van der Waals surface area contributed by atoms with Crippen LogP contribution in [0.4, 0.5) is 4.79 Å². The highest BCUT2D eigenvalue weighted by Gasteiger charge is 2.36. The number of carbonyl (C=O) groups excluding carboxylic acids is 1. The summed E-state index contributed by atoms with van der Waals surface area (Å²) in [6, 6.07) is 1.38. The van der Waals surface area contributed by atoms with Crippen molar-refractivity contribution in [1.29, 1.82) is 0 Å². The minimum absolute atomic E-state index is 0.244. The second kappa shape index (κ2) is 4.24. The van der Waals surface area contributed by atoms with Gasteiger partial charge in [0, 0.05) is 18.1 Å². The van der Waals surface area contributed by atoms with Gasteiger partial charge in [-0.1, -0.05) is 0 Å². The Morgan fingerprint density at radius 2 is 1.94 bits per heavy atom. The highest BCUT2D eigenvalue weighted by Crippen LogP contribution is 2.26. The Morgan fingerprint density at radius 3 is 2.62 bits per heavy atom. The van der Waals surface area contributed by atoms with Gasteiger partial charge in [0.05, 0.1) is 0 Å². The molecule has 2 fully saturated rings. The zero-order valence-electron chi connectivity index (χ0n) is 10.4. The molecule has 92 valence electrons. The van der Waals surface area contributed by atoms with Gasteiger partial charge in [0.25, 0.3) is 0 Å². The molecule has 16 heavy (non-hydrogen) atoms. The number of alkyl carbamates (subject to hydrolysis) is 1. The first-order chi connectivity index (χ1) is 7.44. The van der Waals surface area contributed by atoms with E-state index in [9.17, 15) is 4.79 Å². The van der Waals surface area contributed by atoms with Crippen LogP contribution in [0.5, 0.6) is 0 Å². The smallest absolute Gasteiger partial charge is 0.407 e. The molecule has 4 heteroatoms. The third kappa shape index (κ3) is 2.88. The Morgan fingerprint density at radius 1 is 1.25 bits per heavy atom. The number of rotatable bonds is 1. The van der Waals surface area contributed by atoms with Crippen molar-refractivity contribution in [2.75, 3.05) is 0 Å². The molecule has 0 radical (unpaired) electrons. The average molecular weight is 226 g/mol. The average Bonchev–Trinajstić information content (AvgIpc) is 2.51. The van der Waals surface area contributed by atoms with Crippen molar-refractivity contribution in [1.82, 2.24) is 10.6 Å². The van der Waals surface area contributed by atoms with E-state index in [2.05, 4.69) is 10.6 Å². The summed E-state index contributed by atoms with van der Waals surface area (Å²) < 4.78 is 5.27. The molecule has 4 nitrogen and oxygen atoms in total. The molecule has 0 aliphatic carbocycles. The Hall–Kier alpha value is -0.770. The van der Waals surface area contributed by atoms with Crippen molar-refractivity contribution in [2.45, 2.75) is 70.2 Å². The Labute approximate surface area is 97.1 Å². The highest BCUT2D eigenvalue weighted by molar-refractivity contribution is 5.68. The maximum atomic E-state index is 11.6. The van der Waals surface area contributed by atoms with Crippen LogP contribution in [0.25, 0.3) is 0 Å². The molecular weight excluding hydrogens is 204 g/mol. The molecule has 0 aromatic carbocycles. The van der Waals surface area contributed by atoms with Crippen LogP contribution in [0.2, 0.25) is 0 Å². The van der Waals surface area contributed by atoms with E-state index in [1.165, 1.54) is 12.8 Å². The van der Waals surface area contributed by atoms with Crippen LogP contribution in [0.15, 0.2) is 0 Å². The van der Waals surface area contributed by atoms with Crippen LogP contribution >= 0.6 is 0 Å². The zero-order valence-corrected chi connectivity index (χ0v) is 10.4. The van der Waals surface area contributed by atoms with E-state index in [-0.39, 0.29) is 12.1 Å². The van der Waals surface area contributed by atoms with Crippen molar-refractivity contribution in [3.05, 3.63) is 0 Å². The summed E-state index contributed by atoms with van der Waals surface area (Å²) in [6.45, 7) is 5.66. The molecule has 2 N–H and O–H groups in total. The molecule has 0 saturated carbocycles. The second-order valence-corrected chi connectivity index (χ2v) is 5.88. The lowest BCUT2D eigenvalue weighted by Crippen LogP contribution is -2.53. The topological polar surface area (TPSA) is 50.4 Å². The molecule has 2 saturated heterocycles. The second-order valence-electron chi connectivity index (χ2n) is 5.88. The monoisotopic (exact) mass is 226 g/mol. The van der Waals surface area contributed by atoms with Gasteiger partial charge < -0.3 is 15.4 Å². The molecule has 2 rings (SSSR count). The fraction of sp³-hybridized carbons (Fsp3) is 0.917. The largest absolute Gasteiger partial charge is 0.444 e. The van der Waals surface area contributed by atoms with Crippen molar-refractivity contribution < 1.29 is 9.53 Å². The fourth-order valence-corrected chi connectivity index (χ4v) is 2.61. The quantitative estimate of drug-likeness (QED) is 0.716. The summed E-state index contributed by atoms with van der Waals surface area (Å²) >= 11 is 0. The van der Waals surface area contributed by atoms with Crippen LogP contribution in [-0.4, -0.2) is 29.8 Å². The number of nitrogens with one attached hydrogen (secondary N) is 2. The minimum atomic E-state index is -0.412. The van der Waals surface area contributed by atoms with E-state index in [0.29, 0.717) is 12.1 Å². The van der Waals surface area contributed by atoms with Crippen molar-refractivity contribution in [3.63, 3.8) is 0 Å². The van der Waals surface area contributed by atoms with Gasteiger partial charge in [0.15, 0.2) is 0 Å². The molecule has 1 amide bonds. The van der Waals surface area contributed by atoms with Crippen LogP contribution in [0, 0.1) is 0 Å². The van der Waals surface area contributed by atoms with Gasteiger partial charge in [-0.25, -0.2) is 4.79 Å². The number of hydrogen-bond acceptors (Lipinski definition) is 3. The maximum Gasteiger partial charge on any atom is 0.407 e. The van der Waals surface area contributed by atoms with Gasteiger partial charge in [-0.2, -0.15) is 0 Å². The van der Waals surface area contributed by atoms with Crippen LogP contribution in [0.1, 0.15) is 46.5 Å². The Balaban J connectivity index is 1.83. The number of ether oxygens (including phenoxy) is 1. The normalized spacial score (nSPS) is 33.6. The molecule has 0 unspecified atom stereocenters. The molecular formula is C12H22N2O2. The third-order valence-corrected chi connectivity index (χ3v) is 3.29. The van der Waals surface area contributed by atoms with Crippen molar-refractivity contribution in [2.24, 2.45) is 0 Å². The molecule has 2 bridgehead atoms. The van der Waals surface area contributed by atoms with Gasteiger partial charge in [0.2, 0.25) is 0 Å². The van der Waals surface area contributed by atoms with E-state index in [1.807, 2.05) is 20.8 Å². The fourth-order valence-electron chi connectivity index (χ4n) is 2.61. The van der Waals surface area contributed by atoms with E-state index < -0.39 is 5.60 Å². The molecule has 2 aliphatic heterocycles. The lowest BCUT2D eigenvalue weighted by atomic mass is 10.0. The molecule has 3 atom stereocenters. The summed E-state index contributed by atoms with van der Waals surface area (Å²) in [6.07, 6.45) is 4.37. The number of piperidine rings is 1. The van der Waals surface area contributed by atoms with Gasteiger partial charge in [-0.3, -0.25) is 0 Å². The molecule has 2 heterocycles. The Kier molecular flexibility index (Phi) is 3.10. The molecule has 0 spiro atoms. The molecule has 2 aliphatic rings. The van der Waals surface area contributed by atoms with Crippen LogP contribution < -0.4 is 10.6 Å². The molecule has 0 aromatic rings. The van der Waals surface area contributed by atoms with Gasteiger partial charge in [0.1, 0.15) is 5.60 Å². The first kappa shape index (κ1) is 11.7. The molecule has 0 aromatic heterocycles. The predicted octanol–water partition coefficient (Wildman–Crippen LogP) is 1.79. The maximum absolute atomic E-state index is 11.6. The summed E-state index contributed by atoms with van der Waals surface area (Å²) in [5.74, 6) is 0. The van der Waals surface area contributed by atoms with E-state index >= 15 is 0 Å². The summed E-state index contributed by atoms with van der Waals surface area (Å²) in [5.41, 5.74) is -0.412. The van der Waals surface area contributed by atoms with Gasteiger partial charge in [-0.05, 0) is 46.5 Å². The first-order valence-electron chi connectivity index (χ1n) is 6.19. The van der Waals surface area contributed by atoms with Crippen molar-refractivity contribution >= 4 is 6.09 Å². The summed E-state index contributed by atoms with van der Waals surface area (Å²) in [7, 11) is 0. The first-order valence-corrected chi connectivity index (χ1v) is 6.19. The van der Waals surface area contributed by atoms with Gasteiger partial charge in [-0.15, -0.1) is 0 Å². The number of amides is 1. The highest BCUT2D eigenvalue weighted by atomic mass is 16.6. The van der Waals surface area contributed by atoms with E-state index in [1.54, 1.807) is 0 Å². The standard InChI is InChI=1S/C12H22N2O2/c1-12(2,3)16-11(15)14-10-7-5-8-4-6-9(10)13-8/h8-10,13H,4-7H2,1-3H3,(H,14,15)/t8-,9+,10-/m0/s1. The SMILES string of the molecule is CC(C)(C)OC(=O)N[C@H]1CC[C@@H]2CC[C@H]1N2. The number of fused-ring (bicyclic) bond motifs is 2. The minimum Gasteiger partial charge on any atom is -0.444 e. The lowest BCUT2D eigenvalue weighted by molar-refractivity contribution is 0.0484. The predicted molar refractivity (Wildman–Crippen MR) is 62.3 cm³/mol. The van der Waals surface area contributed by atoms with Crippen LogP contribution in [-0.2, 0) is 4.74 Å². The zero-order chi connectivity index (χ0) is 11.8.